The van der Waals surface area contributed by atoms with E-state index >= 15 is 0 Å². The number of nitrogens with one attached hydrogen (secondary N) is 1. The van der Waals surface area contributed by atoms with Crippen molar-refractivity contribution in [1.29, 1.82) is 0 Å². The second kappa shape index (κ2) is 6.95. The van der Waals surface area contributed by atoms with Gasteiger partial charge in [-0.2, -0.15) is 11.8 Å². The van der Waals surface area contributed by atoms with Crippen LogP contribution in [0.25, 0.3) is 0 Å². The normalized spacial score (nSPS) is 13.9. The highest BCUT2D eigenvalue weighted by Gasteiger charge is 2.06. The van der Waals surface area contributed by atoms with Crippen LogP contribution in [0, 0.1) is 0 Å². The minimum absolute atomic E-state index is 0.249. The molecule has 0 heterocycles. The summed E-state index contributed by atoms with van der Waals surface area (Å²) >= 11 is 1.82. The first-order valence-corrected chi connectivity index (χ1v) is 5.46. The number of hydrogen-bond donors (Lipinski definition) is 2. The zero-order valence-electron chi connectivity index (χ0n) is 7.63. The Labute approximate surface area is 73.8 Å². The molecule has 0 aromatic carbocycles. The van der Waals surface area contributed by atoms with Crippen molar-refractivity contribution in [2.45, 2.75) is 32.4 Å². The van der Waals surface area contributed by atoms with Gasteiger partial charge in [0.25, 0.3) is 0 Å². The first-order valence-electron chi connectivity index (χ1n) is 4.06. The Morgan fingerprint density at radius 1 is 1.45 bits per heavy atom. The van der Waals surface area contributed by atoms with Gasteiger partial charge in [0, 0.05) is 12.1 Å². The second-order valence-corrected chi connectivity index (χ2v) is 3.97. The van der Waals surface area contributed by atoms with E-state index in [2.05, 4.69) is 25.4 Å². The van der Waals surface area contributed by atoms with Gasteiger partial charge in [-0.3, -0.25) is 0 Å². The largest absolute Gasteiger partial charge is 0.395 e. The summed E-state index contributed by atoms with van der Waals surface area (Å²) < 4.78 is 0. The molecule has 0 bridgehead atoms. The summed E-state index contributed by atoms with van der Waals surface area (Å²) in [7, 11) is 0. The van der Waals surface area contributed by atoms with Gasteiger partial charge in [-0.1, -0.05) is 13.8 Å². The van der Waals surface area contributed by atoms with E-state index in [1.807, 2.05) is 11.8 Å². The molecule has 0 radical (unpaired) electrons. The Hall–Kier alpha value is 0.270. The molecule has 0 rings (SSSR count). The minimum atomic E-state index is 0.249. The lowest BCUT2D eigenvalue weighted by Crippen LogP contribution is -2.37. The van der Waals surface area contributed by atoms with Gasteiger partial charge in [-0.25, -0.2) is 0 Å². The smallest absolute Gasteiger partial charge is 0.0585 e. The summed E-state index contributed by atoms with van der Waals surface area (Å²) in [6, 6.07) is 0.747. The van der Waals surface area contributed by atoms with E-state index in [1.54, 1.807) is 0 Å². The molecule has 0 amide bonds. The monoisotopic (exact) mass is 177 g/mol. The Bertz CT molecular complexity index is 88.2. The van der Waals surface area contributed by atoms with Crippen molar-refractivity contribution in [3.63, 3.8) is 0 Å². The Morgan fingerprint density at radius 2 is 2.09 bits per heavy atom. The van der Waals surface area contributed by atoms with E-state index in [0.29, 0.717) is 6.04 Å². The predicted molar refractivity (Wildman–Crippen MR) is 52.1 cm³/mol. The fourth-order valence-corrected chi connectivity index (χ4v) is 1.48. The topological polar surface area (TPSA) is 32.3 Å². The van der Waals surface area contributed by atoms with Crippen LogP contribution in [0.3, 0.4) is 0 Å². The highest BCUT2D eigenvalue weighted by molar-refractivity contribution is 7.98. The van der Waals surface area contributed by atoms with E-state index < -0.39 is 0 Å². The third-order valence-corrected chi connectivity index (χ3v) is 2.10. The summed E-state index contributed by atoms with van der Waals surface area (Å²) in [4.78, 5) is 0. The number of aliphatic hydroxyl groups is 1. The van der Waals surface area contributed by atoms with Crippen molar-refractivity contribution in [2.24, 2.45) is 0 Å². The summed E-state index contributed by atoms with van der Waals surface area (Å²) in [5.41, 5.74) is 0. The van der Waals surface area contributed by atoms with Crippen molar-refractivity contribution in [3.8, 4) is 0 Å². The van der Waals surface area contributed by atoms with Crippen molar-refractivity contribution < 1.29 is 5.11 Å². The van der Waals surface area contributed by atoms with Gasteiger partial charge in [0.15, 0.2) is 0 Å². The molecule has 0 aromatic heterocycles. The maximum atomic E-state index is 8.93. The third-order valence-electron chi connectivity index (χ3n) is 1.46. The molecule has 0 saturated carbocycles. The molecule has 11 heavy (non-hydrogen) atoms. The molecule has 1 atom stereocenters. The van der Waals surface area contributed by atoms with Crippen LogP contribution in [0.5, 0.6) is 0 Å². The van der Waals surface area contributed by atoms with Gasteiger partial charge in [-0.15, -0.1) is 0 Å². The molecule has 0 aliphatic rings. The summed E-state index contributed by atoms with van der Waals surface area (Å²) in [6.45, 7) is 4.45. The van der Waals surface area contributed by atoms with Gasteiger partial charge < -0.3 is 10.4 Å². The van der Waals surface area contributed by atoms with Crippen LogP contribution in [0.2, 0.25) is 0 Å². The van der Waals surface area contributed by atoms with Crippen LogP contribution >= 0.6 is 11.8 Å². The molecule has 2 nitrogen and oxygen atoms in total. The van der Waals surface area contributed by atoms with E-state index in [4.69, 9.17) is 5.11 Å². The van der Waals surface area contributed by atoms with Gasteiger partial charge in [0.05, 0.1) is 6.61 Å². The lowest BCUT2D eigenvalue weighted by Gasteiger charge is -2.18. The zero-order chi connectivity index (χ0) is 8.69. The quantitative estimate of drug-likeness (QED) is 0.637. The van der Waals surface area contributed by atoms with E-state index in [9.17, 15) is 0 Å². The highest BCUT2D eigenvalue weighted by atomic mass is 32.2. The molecular formula is C8H19NOS. The van der Waals surface area contributed by atoms with E-state index in [0.717, 1.165) is 12.2 Å². The molecule has 0 unspecified atom stereocenters. The average Bonchev–Trinajstić information content (AvgIpc) is 1.97. The molecule has 0 fully saturated rings. The van der Waals surface area contributed by atoms with Crippen LogP contribution in [-0.4, -0.2) is 35.8 Å². The van der Waals surface area contributed by atoms with Crippen molar-refractivity contribution in [1.82, 2.24) is 5.32 Å². The Kier molecular flexibility index (Phi) is 7.12. The number of thioether (sulfide) groups is 1. The first kappa shape index (κ1) is 11.3. The molecule has 0 saturated heterocycles. The Morgan fingerprint density at radius 3 is 2.45 bits per heavy atom. The molecular weight excluding hydrogens is 158 g/mol. The predicted octanol–water partition coefficient (Wildman–Crippen LogP) is 1.10. The second-order valence-electron chi connectivity index (χ2n) is 2.98. The molecule has 0 spiro atoms. The number of hydrogen-bond acceptors (Lipinski definition) is 3. The van der Waals surface area contributed by atoms with Crippen LogP contribution in [-0.2, 0) is 0 Å². The average molecular weight is 177 g/mol. The molecule has 0 aliphatic heterocycles. The van der Waals surface area contributed by atoms with Crippen LogP contribution < -0.4 is 5.32 Å². The van der Waals surface area contributed by atoms with Gasteiger partial charge >= 0.3 is 0 Å². The lowest BCUT2D eigenvalue weighted by molar-refractivity contribution is 0.232. The third kappa shape index (κ3) is 6.66. The maximum absolute atomic E-state index is 8.93. The molecule has 0 aliphatic carbocycles. The molecule has 2 N–H and O–H groups in total. The van der Waals surface area contributed by atoms with Crippen molar-refractivity contribution >= 4 is 11.8 Å². The zero-order valence-corrected chi connectivity index (χ0v) is 8.45. The van der Waals surface area contributed by atoms with Crippen LogP contribution in [0.1, 0.15) is 20.3 Å². The molecule has 0 aromatic rings. The molecule has 68 valence electrons. The SMILES string of the molecule is CSCC[C@@H](CO)NC(C)C. The standard InChI is InChI=1S/C8H19NOS/c1-7(2)9-8(6-10)4-5-11-3/h7-10H,4-6H2,1-3H3/t8-/m0/s1. The van der Waals surface area contributed by atoms with Gasteiger partial charge in [0.2, 0.25) is 0 Å². The molecule has 3 heteroatoms. The van der Waals surface area contributed by atoms with Crippen molar-refractivity contribution in [3.05, 3.63) is 0 Å². The van der Waals surface area contributed by atoms with Gasteiger partial charge in [0.1, 0.15) is 0 Å². The lowest BCUT2D eigenvalue weighted by atomic mass is 10.2. The Balaban J connectivity index is 3.41. The minimum Gasteiger partial charge on any atom is -0.395 e. The van der Waals surface area contributed by atoms with Crippen LogP contribution in [0.4, 0.5) is 0 Å². The van der Waals surface area contributed by atoms with Gasteiger partial charge in [-0.05, 0) is 18.4 Å². The summed E-state index contributed by atoms with van der Waals surface area (Å²) in [5, 5.41) is 12.2. The first-order chi connectivity index (χ1) is 5.20. The van der Waals surface area contributed by atoms with E-state index in [1.165, 1.54) is 0 Å². The maximum Gasteiger partial charge on any atom is 0.0585 e. The summed E-state index contributed by atoms with van der Waals surface area (Å²) in [6.07, 6.45) is 3.14. The fourth-order valence-electron chi connectivity index (χ4n) is 0.959. The number of rotatable bonds is 6. The summed E-state index contributed by atoms with van der Waals surface area (Å²) in [5.74, 6) is 1.12. The van der Waals surface area contributed by atoms with Crippen LogP contribution in [0.15, 0.2) is 0 Å². The van der Waals surface area contributed by atoms with Crippen molar-refractivity contribution in [2.75, 3.05) is 18.6 Å². The van der Waals surface area contributed by atoms with E-state index in [-0.39, 0.29) is 12.6 Å². The highest BCUT2D eigenvalue weighted by Crippen LogP contribution is 2.00. The fraction of sp³-hybridized carbons (Fsp3) is 1.00. The number of aliphatic hydroxyl groups excluding tert-OH is 1.